The van der Waals surface area contributed by atoms with Gasteiger partial charge in [-0.25, -0.2) is 8.78 Å². The van der Waals surface area contributed by atoms with E-state index in [-0.39, 0.29) is 58.9 Å². The largest absolute Gasteiger partial charge is 0.486 e. The average molecular weight is 932 g/mol. The predicted octanol–water partition coefficient (Wildman–Crippen LogP) is 10.3. The number of rotatable bonds is 15. The molecule has 0 bridgehead atoms. The zero-order valence-electron chi connectivity index (χ0n) is 30.8. The first kappa shape index (κ1) is 45.3. The molecular weight excluding hydrogens is 891 g/mol. The first-order valence-electron chi connectivity index (χ1n) is 16.8. The quantitative estimate of drug-likeness (QED) is 0.0786. The maximum atomic E-state index is 14.7. The molecule has 0 aromatic heterocycles. The fourth-order valence-electron chi connectivity index (χ4n) is 5.14. The Balaban J connectivity index is 0.000000297. The third kappa shape index (κ3) is 13.9. The average Bonchev–Trinajstić information content (AvgIpc) is 3.06. The van der Waals surface area contributed by atoms with E-state index in [1.54, 1.807) is 36.4 Å². The van der Waals surface area contributed by atoms with E-state index in [0.29, 0.717) is 42.8 Å². The van der Waals surface area contributed by atoms with Crippen LogP contribution in [-0.4, -0.2) is 46.7 Å². The summed E-state index contributed by atoms with van der Waals surface area (Å²) in [5.41, 5.74) is 4.10. The van der Waals surface area contributed by atoms with Gasteiger partial charge in [0, 0.05) is 28.8 Å². The SMILES string of the molecule is Cc1cc(COc2c(Br)cc(CC(=O)O)cc2Br)c(F)c(NC(C)C)c1.Cc1cc(COc2c(Cl)cc(C(=O)NCC(=O)O)cc2Cl)c(F)c(NC(C)C)c1. The summed E-state index contributed by atoms with van der Waals surface area (Å²) in [7, 11) is 0. The Kier molecular flexibility index (Phi) is 17.0. The van der Waals surface area contributed by atoms with Crippen molar-refractivity contribution in [2.24, 2.45) is 0 Å². The lowest BCUT2D eigenvalue weighted by molar-refractivity contribution is -0.137. The number of hydrogen-bond donors (Lipinski definition) is 5. The van der Waals surface area contributed by atoms with Gasteiger partial charge in [-0.15, -0.1) is 0 Å². The minimum atomic E-state index is -1.18. The van der Waals surface area contributed by atoms with E-state index in [2.05, 4.69) is 47.8 Å². The number of carbonyl (C=O) groups is 3. The van der Waals surface area contributed by atoms with Crippen LogP contribution in [0.2, 0.25) is 10.0 Å². The van der Waals surface area contributed by atoms with Crippen molar-refractivity contribution in [3.8, 4) is 11.5 Å². The van der Waals surface area contributed by atoms with Crippen LogP contribution in [0.3, 0.4) is 0 Å². The number of amides is 1. The Labute approximate surface area is 345 Å². The molecule has 4 rings (SSSR count). The van der Waals surface area contributed by atoms with E-state index in [0.717, 1.165) is 11.1 Å². The van der Waals surface area contributed by atoms with E-state index in [4.69, 9.17) is 42.9 Å². The van der Waals surface area contributed by atoms with Crippen LogP contribution in [0.1, 0.15) is 65.9 Å². The predicted molar refractivity (Wildman–Crippen MR) is 218 cm³/mol. The lowest BCUT2D eigenvalue weighted by Gasteiger charge is -2.16. The topological polar surface area (TPSA) is 146 Å². The lowest BCUT2D eigenvalue weighted by Crippen LogP contribution is -2.29. The van der Waals surface area contributed by atoms with Gasteiger partial charge in [0.15, 0.2) is 17.4 Å². The standard InChI is InChI=1S/C20H21Cl2FN2O4.C19H20Br2FNO3/c1-10(2)25-16-5-11(3)4-13(18(16)23)9-29-19-14(21)6-12(7-15(19)22)20(28)24-8-17(26)27;1-10(2)23-16-5-11(3)4-13(18(16)22)9-26-19-14(20)6-12(7-15(19)21)8-17(24)25/h4-7,10,25H,8-9H2,1-3H3,(H,24,28)(H,26,27);4-7,10,23H,8-9H2,1-3H3,(H,24,25). The molecule has 0 atom stereocenters. The maximum Gasteiger partial charge on any atom is 0.322 e. The number of aliphatic carboxylic acids is 2. The summed E-state index contributed by atoms with van der Waals surface area (Å²) in [6, 6.07) is 13.1. The van der Waals surface area contributed by atoms with Gasteiger partial charge in [-0.3, -0.25) is 14.4 Å². The van der Waals surface area contributed by atoms with Gasteiger partial charge in [0.1, 0.15) is 25.5 Å². The zero-order chi connectivity index (χ0) is 41.1. The van der Waals surface area contributed by atoms with E-state index in [1.165, 1.54) is 12.1 Å². The van der Waals surface area contributed by atoms with Crippen LogP contribution < -0.4 is 25.4 Å². The smallest absolute Gasteiger partial charge is 0.322 e. The first-order valence-corrected chi connectivity index (χ1v) is 19.1. The van der Waals surface area contributed by atoms with Gasteiger partial charge in [0.05, 0.1) is 36.8 Å². The number of nitrogens with one attached hydrogen (secondary N) is 3. The van der Waals surface area contributed by atoms with E-state index >= 15 is 0 Å². The Morgan fingerprint density at radius 2 is 1.15 bits per heavy atom. The number of ether oxygens (including phenoxy) is 2. The van der Waals surface area contributed by atoms with Crippen LogP contribution >= 0.6 is 55.1 Å². The minimum Gasteiger partial charge on any atom is -0.486 e. The summed E-state index contributed by atoms with van der Waals surface area (Å²) < 4.78 is 42.1. The van der Waals surface area contributed by atoms with Gasteiger partial charge < -0.3 is 35.6 Å². The lowest BCUT2D eigenvalue weighted by atomic mass is 10.1. The summed E-state index contributed by atoms with van der Waals surface area (Å²) in [5.74, 6) is -2.90. The Morgan fingerprint density at radius 1 is 0.709 bits per heavy atom. The van der Waals surface area contributed by atoms with Crippen molar-refractivity contribution in [2.45, 2.75) is 73.3 Å². The number of carbonyl (C=O) groups excluding carboxylic acids is 1. The van der Waals surface area contributed by atoms with Crippen molar-refractivity contribution in [1.82, 2.24) is 5.32 Å². The van der Waals surface area contributed by atoms with Crippen molar-refractivity contribution >= 4 is 84.3 Å². The molecule has 0 radical (unpaired) electrons. The molecule has 55 heavy (non-hydrogen) atoms. The summed E-state index contributed by atoms with van der Waals surface area (Å²) in [5, 5.41) is 26.0. The monoisotopic (exact) mass is 929 g/mol. The van der Waals surface area contributed by atoms with E-state index < -0.39 is 30.2 Å². The van der Waals surface area contributed by atoms with E-state index in [9.17, 15) is 23.2 Å². The molecule has 1 amide bonds. The van der Waals surface area contributed by atoms with Crippen molar-refractivity contribution in [3.63, 3.8) is 0 Å². The minimum absolute atomic E-state index is 0.0477. The van der Waals surface area contributed by atoms with Crippen molar-refractivity contribution in [3.05, 3.63) is 113 Å². The highest BCUT2D eigenvalue weighted by Gasteiger charge is 2.18. The Morgan fingerprint density at radius 3 is 1.55 bits per heavy atom. The number of hydrogen-bond acceptors (Lipinski definition) is 7. The molecule has 0 saturated heterocycles. The molecule has 0 aliphatic carbocycles. The van der Waals surface area contributed by atoms with Crippen LogP contribution in [0, 0.1) is 25.5 Å². The molecule has 0 heterocycles. The van der Waals surface area contributed by atoms with Crippen LogP contribution in [0.25, 0.3) is 0 Å². The molecule has 0 fully saturated rings. The molecule has 4 aromatic rings. The fourth-order valence-corrected chi connectivity index (χ4v) is 7.25. The zero-order valence-corrected chi connectivity index (χ0v) is 35.5. The highest BCUT2D eigenvalue weighted by atomic mass is 79.9. The molecule has 0 spiro atoms. The molecule has 5 N–H and O–H groups in total. The fraction of sp³-hybridized carbons (Fsp3) is 0.308. The molecule has 0 unspecified atom stereocenters. The molecule has 296 valence electrons. The normalized spacial score (nSPS) is 10.8. The van der Waals surface area contributed by atoms with Gasteiger partial charge in [-0.2, -0.15) is 0 Å². The molecule has 4 aromatic carbocycles. The van der Waals surface area contributed by atoms with Gasteiger partial charge in [-0.1, -0.05) is 23.2 Å². The number of halogens is 6. The number of aryl methyl sites for hydroxylation is 2. The molecule has 16 heteroatoms. The highest BCUT2D eigenvalue weighted by molar-refractivity contribution is 9.11. The van der Waals surface area contributed by atoms with Gasteiger partial charge in [-0.05, 0) is 139 Å². The van der Waals surface area contributed by atoms with E-state index in [1.807, 2.05) is 41.5 Å². The van der Waals surface area contributed by atoms with Crippen LogP contribution in [0.5, 0.6) is 11.5 Å². The van der Waals surface area contributed by atoms with Crippen LogP contribution in [-0.2, 0) is 29.2 Å². The summed E-state index contributed by atoms with van der Waals surface area (Å²) >= 11 is 19.1. The van der Waals surface area contributed by atoms with Crippen molar-refractivity contribution < 1.29 is 42.9 Å². The molecule has 0 aliphatic heterocycles. The van der Waals surface area contributed by atoms with Crippen molar-refractivity contribution in [2.75, 3.05) is 17.2 Å². The Hall–Kier alpha value is -4.11. The summed E-state index contributed by atoms with van der Waals surface area (Å²) in [6.45, 7) is 10.9. The number of benzene rings is 4. The molecule has 0 aliphatic rings. The molecule has 10 nitrogen and oxygen atoms in total. The number of carboxylic acids is 2. The third-order valence-corrected chi connectivity index (χ3v) is 9.03. The first-order chi connectivity index (χ1) is 25.7. The van der Waals surface area contributed by atoms with Gasteiger partial charge in [0.25, 0.3) is 5.91 Å². The number of carboxylic acid groups (broad SMARTS) is 2. The second-order valence-corrected chi connectivity index (χ2v) is 15.6. The van der Waals surface area contributed by atoms with Gasteiger partial charge >= 0.3 is 11.9 Å². The molecule has 0 saturated carbocycles. The second-order valence-electron chi connectivity index (χ2n) is 13.1. The Bertz CT molecular complexity index is 2010. The van der Waals surface area contributed by atoms with Crippen LogP contribution in [0.15, 0.2) is 57.5 Å². The highest BCUT2D eigenvalue weighted by Crippen LogP contribution is 2.37. The second kappa shape index (κ2) is 20.7. The molecular formula is C39H41Br2Cl2F2N3O7. The van der Waals surface area contributed by atoms with Crippen LogP contribution in [0.4, 0.5) is 20.2 Å². The summed E-state index contributed by atoms with van der Waals surface area (Å²) in [6.07, 6.45) is -0.0891. The van der Waals surface area contributed by atoms with Gasteiger partial charge in [0.2, 0.25) is 0 Å². The van der Waals surface area contributed by atoms with Crippen molar-refractivity contribution in [1.29, 1.82) is 0 Å². The summed E-state index contributed by atoms with van der Waals surface area (Å²) in [4.78, 5) is 33.4. The maximum absolute atomic E-state index is 14.7. The number of anilines is 2. The third-order valence-electron chi connectivity index (χ3n) is 7.29.